The van der Waals surface area contributed by atoms with Crippen molar-refractivity contribution in [3.8, 4) is 0 Å². The molecule has 0 aromatic carbocycles. The Morgan fingerprint density at radius 2 is 1.88 bits per heavy atom. The molecule has 1 aliphatic heterocycles. The molecule has 0 saturated heterocycles. The van der Waals surface area contributed by atoms with Crippen LogP contribution in [-0.2, 0) is 11.2 Å². The molecule has 2 aliphatic rings. The van der Waals surface area contributed by atoms with Gasteiger partial charge in [-0.1, -0.05) is 34.6 Å². The minimum absolute atomic E-state index is 0.00352. The van der Waals surface area contributed by atoms with Crippen LogP contribution in [0.3, 0.4) is 0 Å². The molecule has 3 rings (SSSR count). The van der Waals surface area contributed by atoms with Crippen molar-refractivity contribution in [1.82, 2.24) is 5.32 Å². The van der Waals surface area contributed by atoms with E-state index in [9.17, 15) is 9.59 Å². The van der Waals surface area contributed by atoms with Gasteiger partial charge in [0.1, 0.15) is 5.00 Å². The monoisotopic (exact) mass is 366 g/mol. The number of fused-ring (bicyclic) bond motifs is 1. The summed E-state index contributed by atoms with van der Waals surface area (Å²) in [7, 11) is 0. The number of rotatable bonds is 5. The molecular weight excluding hydrogens is 340 g/mol. The van der Waals surface area contributed by atoms with Gasteiger partial charge in [0.05, 0.1) is 9.77 Å². The fourth-order valence-corrected chi connectivity index (χ4v) is 6.31. The van der Waals surface area contributed by atoms with Gasteiger partial charge in [-0.25, -0.2) is 0 Å². The van der Waals surface area contributed by atoms with Crippen molar-refractivity contribution in [3.05, 3.63) is 11.1 Å². The van der Waals surface area contributed by atoms with Gasteiger partial charge in [0, 0.05) is 18.2 Å². The first kappa shape index (κ1) is 17.8. The summed E-state index contributed by atoms with van der Waals surface area (Å²) in [4.78, 5) is 25.4. The van der Waals surface area contributed by atoms with E-state index in [0.29, 0.717) is 12.1 Å². The second-order valence-electron chi connectivity index (χ2n) is 7.79. The van der Waals surface area contributed by atoms with Crippen LogP contribution in [-0.4, -0.2) is 24.1 Å². The SMILES string of the molecule is CCCNC(=O)c1c(NC(=O)C2C(C)(C)C2(C)C)sc2c1CCS2. The van der Waals surface area contributed by atoms with E-state index in [1.807, 2.05) is 6.92 Å². The molecule has 4 nitrogen and oxygen atoms in total. The molecule has 0 spiro atoms. The lowest BCUT2D eigenvalue weighted by Gasteiger charge is -2.09. The quantitative estimate of drug-likeness (QED) is 0.823. The molecule has 24 heavy (non-hydrogen) atoms. The number of thioether (sulfide) groups is 1. The maximum absolute atomic E-state index is 12.8. The van der Waals surface area contributed by atoms with Crippen LogP contribution in [0.5, 0.6) is 0 Å². The van der Waals surface area contributed by atoms with E-state index in [1.165, 1.54) is 4.21 Å². The Balaban J connectivity index is 1.84. The summed E-state index contributed by atoms with van der Waals surface area (Å²) < 4.78 is 1.18. The Morgan fingerprint density at radius 3 is 2.46 bits per heavy atom. The van der Waals surface area contributed by atoms with Gasteiger partial charge in [-0.05, 0) is 29.2 Å². The molecule has 0 unspecified atom stereocenters. The normalized spacial score (nSPS) is 20.5. The molecular formula is C18H26N2O2S2. The molecule has 1 aliphatic carbocycles. The van der Waals surface area contributed by atoms with E-state index in [-0.39, 0.29) is 28.6 Å². The Kier molecular flexibility index (Phi) is 4.49. The van der Waals surface area contributed by atoms with Crippen LogP contribution in [0, 0.1) is 16.7 Å². The molecule has 1 saturated carbocycles. The van der Waals surface area contributed by atoms with Gasteiger partial charge < -0.3 is 10.6 Å². The van der Waals surface area contributed by atoms with Crippen molar-refractivity contribution in [1.29, 1.82) is 0 Å². The molecule has 0 radical (unpaired) electrons. The highest BCUT2D eigenvalue weighted by atomic mass is 32.2. The van der Waals surface area contributed by atoms with Crippen LogP contribution in [0.2, 0.25) is 0 Å². The molecule has 2 N–H and O–H groups in total. The number of carbonyl (C=O) groups is 2. The predicted octanol–water partition coefficient (Wildman–Crippen LogP) is 4.16. The van der Waals surface area contributed by atoms with Gasteiger partial charge in [-0.2, -0.15) is 0 Å². The molecule has 1 fully saturated rings. The number of thiophene rings is 1. The van der Waals surface area contributed by atoms with Crippen molar-refractivity contribution < 1.29 is 9.59 Å². The summed E-state index contributed by atoms with van der Waals surface area (Å²) in [6.07, 6.45) is 1.81. The summed E-state index contributed by atoms with van der Waals surface area (Å²) >= 11 is 3.34. The van der Waals surface area contributed by atoms with Gasteiger partial charge in [0.2, 0.25) is 5.91 Å². The molecule has 2 amide bonds. The summed E-state index contributed by atoms with van der Waals surface area (Å²) in [5, 5.41) is 6.76. The maximum Gasteiger partial charge on any atom is 0.254 e. The van der Waals surface area contributed by atoms with E-state index in [0.717, 1.165) is 29.2 Å². The molecule has 1 aromatic heterocycles. The van der Waals surface area contributed by atoms with Gasteiger partial charge in [-0.3, -0.25) is 9.59 Å². The first-order valence-corrected chi connectivity index (χ1v) is 10.4. The fraction of sp³-hybridized carbons (Fsp3) is 0.667. The van der Waals surface area contributed by atoms with Crippen LogP contribution in [0.15, 0.2) is 4.21 Å². The smallest absolute Gasteiger partial charge is 0.254 e. The molecule has 1 aromatic rings. The van der Waals surface area contributed by atoms with Crippen LogP contribution in [0.25, 0.3) is 0 Å². The third-order valence-electron chi connectivity index (χ3n) is 5.84. The van der Waals surface area contributed by atoms with Crippen LogP contribution < -0.4 is 10.6 Å². The number of carbonyl (C=O) groups excluding carboxylic acids is 2. The van der Waals surface area contributed by atoms with Crippen LogP contribution >= 0.6 is 23.1 Å². The van der Waals surface area contributed by atoms with E-state index in [2.05, 4.69) is 38.3 Å². The zero-order valence-corrected chi connectivity index (χ0v) is 16.7. The van der Waals surface area contributed by atoms with Crippen molar-refractivity contribution in [3.63, 3.8) is 0 Å². The van der Waals surface area contributed by atoms with Gasteiger partial charge in [0.15, 0.2) is 0 Å². The molecule has 132 valence electrons. The van der Waals surface area contributed by atoms with E-state index in [1.54, 1.807) is 23.1 Å². The van der Waals surface area contributed by atoms with Gasteiger partial charge in [0.25, 0.3) is 5.91 Å². The maximum atomic E-state index is 12.8. The van der Waals surface area contributed by atoms with Crippen molar-refractivity contribution in [2.45, 2.75) is 51.7 Å². The minimum Gasteiger partial charge on any atom is -0.352 e. The van der Waals surface area contributed by atoms with Crippen LogP contribution in [0.1, 0.15) is 57.0 Å². The number of nitrogens with one attached hydrogen (secondary N) is 2. The van der Waals surface area contributed by atoms with E-state index >= 15 is 0 Å². The highest BCUT2D eigenvalue weighted by molar-refractivity contribution is 8.01. The van der Waals surface area contributed by atoms with Crippen molar-refractivity contribution >= 4 is 39.9 Å². The Hall–Kier alpha value is -1.01. The second-order valence-corrected chi connectivity index (χ2v) is 10.2. The number of anilines is 1. The van der Waals surface area contributed by atoms with Crippen molar-refractivity contribution in [2.24, 2.45) is 16.7 Å². The van der Waals surface area contributed by atoms with E-state index in [4.69, 9.17) is 0 Å². The van der Waals surface area contributed by atoms with E-state index < -0.39 is 0 Å². The third-order valence-corrected chi connectivity index (χ3v) is 8.30. The summed E-state index contributed by atoms with van der Waals surface area (Å²) in [5.74, 6) is 0.994. The average Bonchev–Trinajstić information content (AvgIpc) is 2.86. The first-order chi connectivity index (χ1) is 11.2. The average molecular weight is 367 g/mol. The standard InChI is InChI=1S/C18H26N2O2S2/c1-6-8-19-13(21)11-10-7-9-23-16(10)24-15(11)20-14(22)12-17(2,3)18(12,4)5/h12H,6-9H2,1-5H3,(H,19,21)(H,20,22). The van der Waals surface area contributed by atoms with Gasteiger partial charge in [-0.15, -0.1) is 23.1 Å². The summed E-state index contributed by atoms with van der Waals surface area (Å²) in [5.41, 5.74) is 1.80. The predicted molar refractivity (Wildman–Crippen MR) is 101 cm³/mol. The number of hydrogen-bond donors (Lipinski definition) is 2. The Bertz CT molecular complexity index is 677. The Labute approximate surface area is 152 Å². The Morgan fingerprint density at radius 1 is 1.21 bits per heavy atom. The molecule has 0 atom stereocenters. The van der Waals surface area contributed by atoms with Crippen molar-refractivity contribution in [2.75, 3.05) is 17.6 Å². The number of hydrogen-bond acceptors (Lipinski definition) is 4. The molecule has 2 heterocycles. The van der Waals surface area contributed by atoms with Crippen LogP contribution in [0.4, 0.5) is 5.00 Å². The lowest BCUT2D eigenvalue weighted by molar-refractivity contribution is -0.118. The largest absolute Gasteiger partial charge is 0.352 e. The van der Waals surface area contributed by atoms with Gasteiger partial charge >= 0.3 is 0 Å². The second kappa shape index (κ2) is 6.06. The highest BCUT2D eigenvalue weighted by Gasteiger charge is 2.68. The fourth-order valence-electron chi connectivity index (χ4n) is 3.72. The molecule has 6 heteroatoms. The highest BCUT2D eigenvalue weighted by Crippen LogP contribution is 2.68. The third kappa shape index (κ3) is 2.68. The lowest BCUT2D eigenvalue weighted by Crippen LogP contribution is -2.26. The summed E-state index contributed by atoms with van der Waals surface area (Å²) in [6, 6.07) is 0. The summed E-state index contributed by atoms with van der Waals surface area (Å²) in [6.45, 7) is 11.2. The number of amides is 2. The first-order valence-electron chi connectivity index (χ1n) is 8.59. The minimum atomic E-state index is -0.0542. The zero-order valence-electron chi connectivity index (χ0n) is 15.0. The zero-order chi connectivity index (χ0) is 17.7. The lowest BCUT2D eigenvalue weighted by atomic mass is 10.0. The molecule has 0 bridgehead atoms. The topological polar surface area (TPSA) is 58.2 Å².